The van der Waals surface area contributed by atoms with Gasteiger partial charge in [0.25, 0.3) is 0 Å². The van der Waals surface area contributed by atoms with Gasteiger partial charge < -0.3 is 15.2 Å². The molecule has 2 heterocycles. The summed E-state index contributed by atoms with van der Waals surface area (Å²) < 4.78 is 3.42. The molecule has 2 aliphatic rings. The number of rotatable bonds is 5. The lowest BCUT2D eigenvalue weighted by Gasteiger charge is -2.19. The zero-order valence-corrected chi connectivity index (χ0v) is 17.4. The molecule has 27 heavy (non-hydrogen) atoms. The minimum absolute atomic E-state index is 0.230. The normalized spacial score (nSPS) is 18.5. The molecule has 0 atom stereocenters. The van der Waals surface area contributed by atoms with Gasteiger partial charge in [0.05, 0.1) is 6.54 Å². The Hall–Kier alpha value is -1.89. The van der Waals surface area contributed by atoms with E-state index in [1.165, 1.54) is 37.7 Å². The maximum atomic E-state index is 4.39. The highest BCUT2D eigenvalue weighted by molar-refractivity contribution is 9.10. The summed E-state index contributed by atoms with van der Waals surface area (Å²) in [5.41, 5.74) is 1.62. The minimum Gasteiger partial charge on any atom is -0.356 e. The summed E-state index contributed by atoms with van der Waals surface area (Å²) in [6.07, 6.45) is 7.16. The van der Waals surface area contributed by atoms with Crippen molar-refractivity contribution in [2.75, 3.05) is 13.6 Å². The molecule has 0 unspecified atom stereocenters. The largest absolute Gasteiger partial charge is 0.356 e. The van der Waals surface area contributed by atoms with Gasteiger partial charge in [0.2, 0.25) is 0 Å². The van der Waals surface area contributed by atoms with E-state index in [0.717, 1.165) is 41.6 Å². The van der Waals surface area contributed by atoms with Gasteiger partial charge in [0.1, 0.15) is 5.82 Å². The number of fused-ring (bicyclic) bond motifs is 1. The SMILES string of the molecule is CN=C(NCc1nnc2n1CCCCC2)NCC1(c2cccc(Br)c2)CC1. The number of aromatic nitrogens is 3. The minimum atomic E-state index is 0.230. The third kappa shape index (κ3) is 4.18. The Morgan fingerprint density at radius 1 is 1.22 bits per heavy atom. The Morgan fingerprint density at radius 2 is 2.11 bits per heavy atom. The molecule has 2 N–H and O–H groups in total. The molecule has 0 amide bonds. The van der Waals surface area contributed by atoms with Crippen molar-refractivity contribution in [2.24, 2.45) is 4.99 Å². The standard InChI is InChI=1S/C20H27BrN6/c1-22-19(23-13-18-26-25-17-8-3-2-4-11-27(17)18)24-14-20(9-10-20)15-6-5-7-16(21)12-15/h5-7,12H,2-4,8-11,13-14H2,1H3,(H2,22,23,24). The van der Waals surface area contributed by atoms with E-state index in [-0.39, 0.29) is 5.41 Å². The molecule has 1 fully saturated rings. The van der Waals surface area contributed by atoms with Crippen LogP contribution in [-0.2, 0) is 24.9 Å². The van der Waals surface area contributed by atoms with Crippen molar-refractivity contribution in [3.63, 3.8) is 0 Å². The lowest BCUT2D eigenvalue weighted by atomic mass is 9.96. The zero-order valence-electron chi connectivity index (χ0n) is 15.8. The fraction of sp³-hybridized carbons (Fsp3) is 0.550. The first kappa shape index (κ1) is 18.5. The molecule has 7 heteroatoms. The average Bonchev–Trinajstić information content (AvgIpc) is 3.43. The number of nitrogens with one attached hydrogen (secondary N) is 2. The molecule has 0 spiro atoms. The van der Waals surface area contributed by atoms with Crippen molar-refractivity contribution in [2.45, 2.75) is 57.0 Å². The predicted octanol–water partition coefficient (Wildman–Crippen LogP) is 3.16. The zero-order chi connectivity index (χ0) is 18.7. The summed E-state index contributed by atoms with van der Waals surface area (Å²) in [4.78, 5) is 4.39. The van der Waals surface area contributed by atoms with Gasteiger partial charge in [-0.15, -0.1) is 10.2 Å². The molecule has 1 saturated carbocycles. The number of guanidine groups is 1. The van der Waals surface area contributed by atoms with Crippen LogP contribution in [0.5, 0.6) is 0 Å². The van der Waals surface area contributed by atoms with Crippen LogP contribution >= 0.6 is 15.9 Å². The summed E-state index contributed by atoms with van der Waals surface area (Å²) in [6, 6.07) is 8.65. The summed E-state index contributed by atoms with van der Waals surface area (Å²) >= 11 is 3.59. The van der Waals surface area contributed by atoms with Crippen LogP contribution < -0.4 is 10.6 Å². The Morgan fingerprint density at radius 3 is 2.89 bits per heavy atom. The number of hydrogen-bond donors (Lipinski definition) is 2. The molecule has 1 aromatic heterocycles. The maximum absolute atomic E-state index is 4.39. The topological polar surface area (TPSA) is 67.1 Å². The van der Waals surface area contributed by atoms with Crippen LogP contribution in [0.15, 0.2) is 33.7 Å². The van der Waals surface area contributed by atoms with Crippen molar-refractivity contribution in [3.05, 3.63) is 46.0 Å². The number of hydrogen-bond acceptors (Lipinski definition) is 3. The van der Waals surface area contributed by atoms with Crippen LogP contribution in [0.4, 0.5) is 0 Å². The van der Waals surface area contributed by atoms with Crippen LogP contribution in [0.3, 0.4) is 0 Å². The number of benzene rings is 1. The molecular weight excluding hydrogens is 404 g/mol. The fourth-order valence-corrected chi connectivity index (χ4v) is 4.25. The van der Waals surface area contributed by atoms with E-state index in [1.807, 2.05) is 7.05 Å². The van der Waals surface area contributed by atoms with Gasteiger partial charge in [-0.1, -0.05) is 34.5 Å². The number of halogens is 1. The first-order chi connectivity index (χ1) is 13.2. The van der Waals surface area contributed by atoms with E-state index in [2.05, 4.69) is 70.6 Å². The van der Waals surface area contributed by atoms with Crippen LogP contribution in [-0.4, -0.2) is 34.3 Å². The summed E-state index contributed by atoms with van der Waals surface area (Å²) in [6.45, 7) is 2.56. The molecule has 1 aromatic carbocycles. The summed E-state index contributed by atoms with van der Waals surface area (Å²) in [7, 11) is 1.82. The third-order valence-electron chi connectivity index (χ3n) is 5.71. The summed E-state index contributed by atoms with van der Waals surface area (Å²) in [5.74, 6) is 2.95. The molecule has 0 bridgehead atoms. The predicted molar refractivity (Wildman–Crippen MR) is 111 cm³/mol. The van der Waals surface area contributed by atoms with Crippen molar-refractivity contribution < 1.29 is 0 Å². The van der Waals surface area contributed by atoms with Gasteiger partial charge in [-0.05, 0) is 43.4 Å². The third-order valence-corrected chi connectivity index (χ3v) is 6.20. The summed E-state index contributed by atoms with van der Waals surface area (Å²) in [5, 5.41) is 15.7. The highest BCUT2D eigenvalue weighted by atomic mass is 79.9. The van der Waals surface area contributed by atoms with Gasteiger partial charge in [0, 0.05) is 36.4 Å². The van der Waals surface area contributed by atoms with Gasteiger partial charge in [-0.3, -0.25) is 4.99 Å². The molecule has 4 rings (SSSR count). The second-order valence-corrected chi connectivity index (χ2v) is 8.48. The monoisotopic (exact) mass is 430 g/mol. The molecule has 1 aliphatic carbocycles. The molecule has 0 radical (unpaired) electrons. The first-order valence-electron chi connectivity index (χ1n) is 9.82. The number of nitrogens with zero attached hydrogens (tertiary/aromatic N) is 4. The van der Waals surface area contributed by atoms with Crippen molar-refractivity contribution in [3.8, 4) is 0 Å². The van der Waals surface area contributed by atoms with Crippen molar-refractivity contribution in [1.82, 2.24) is 25.4 Å². The number of aryl methyl sites for hydroxylation is 1. The van der Waals surface area contributed by atoms with Crippen molar-refractivity contribution in [1.29, 1.82) is 0 Å². The smallest absolute Gasteiger partial charge is 0.191 e. The van der Waals surface area contributed by atoms with Gasteiger partial charge >= 0.3 is 0 Å². The van der Waals surface area contributed by atoms with Crippen molar-refractivity contribution >= 4 is 21.9 Å². The fourth-order valence-electron chi connectivity index (χ4n) is 3.85. The van der Waals surface area contributed by atoms with E-state index >= 15 is 0 Å². The van der Waals surface area contributed by atoms with E-state index < -0.39 is 0 Å². The van der Waals surface area contributed by atoms with Crippen LogP contribution in [0, 0.1) is 0 Å². The Kier molecular flexibility index (Phi) is 5.48. The second-order valence-electron chi connectivity index (χ2n) is 7.56. The average molecular weight is 431 g/mol. The van der Waals surface area contributed by atoms with Gasteiger partial charge in [-0.2, -0.15) is 0 Å². The highest BCUT2D eigenvalue weighted by Crippen LogP contribution is 2.48. The molecule has 2 aromatic rings. The molecule has 1 aliphatic heterocycles. The Labute approximate surface area is 169 Å². The Balaban J connectivity index is 1.35. The molecule has 6 nitrogen and oxygen atoms in total. The van der Waals surface area contributed by atoms with E-state index in [4.69, 9.17) is 0 Å². The highest BCUT2D eigenvalue weighted by Gasteiger charge is 2.44. The van der Waals surface area contributed by atoms with Crippen LogP contribution in [0.2, 0.25) is 0 Å². The molecular formula is C20H27BrN6. The lowest BCUT2D eigenvalue weighted by molar-refractivity contribution is 0.593. The van der Waals surface area contributed by atoms with E-state index in [0.29, 0.717) is 6.54 Å². The van der Waals surface area contributed by atoms with E-state index in [1.54, 1.807) is 0 Å². The van der Waals surface area contributed by atoms with Crippen LogP contribution in [0.1, 0.15) is 49.3 Å². The van der Waals surface area contributed by atoms with Gasteiger partial charge in [-0.25, -0.2) is 0 Å². The van der Waals surface area contributed by atoms with E-state index in [9.17, 15) is 0 Å². The van der Waals surface area contributed by atoms with Crippen LogP contribution in [0.25, 0.3) is 0 Å². The lowest BCUT2D eigenvalue weighted by Crippen LogP contribution is -2.41. The second kappa shape index (κ2) is 8.00. The first-order valence-corrected chi connectivity index (χ1v) is 10.6. The number of aliphatic imine (C=N–C) groups is 1. The molecule has 144 valence electrons. The molecule has 0 saturated heterocycles. The quantitative estimate of drug-likeness (QED) is 0.564. The van der Waals surface area contributed by atoms with Gasteiger partial charge in [0.15, 0.2) is 11.8 Å². The maximum Gasteiger partial charge on any atom is 0.191 e. The Bertz CT molecular complexity index is 824.